The fourth-order valence-corrected chi connectivity index (χ4v) is 1.84. The van der Waals surface area contributed by atoms with Crippen molar-refractivity contribution in [1.29, 1.82) is 0 Å². The van der Waals surface area contributed by atoms with Crippen LogP contribution in [0.1, 0.15) is 84.5 Å². The summed E-state index contributed by atoms with van der Waals surface area (Å²) in [6, 6.07) is 0. The van der Waals surface area contributed by atoms with Crippen molar-refractivity contribution in [2.24, 2.45) is 0 Å². The Morgan fingerprint density at radius 3 is 2.06 bits per heavy atom. The van der Waals surface area contributed by atoms with Crippen LogP contribution in [0.25, 0.3) is 0 Å². The monoisotopic (exact) mass is 242 g/mol. The van der Waals surface area contributed by atoms with E-state index in [1.54, 1.807) is 0 Å². The van der Waals surface area contributed by atoms with E-state index in [0.717, 1.165) is 19.3 Å². The summed E-state index contributed by atoms with van der Waals surface area (Å²) in [5.41, 5.74) is 0. The lowest BCUT2D eigenvalue weighted by Crippen LogP contribution is -2.00. The summed E-state index contributed by atoms with van der Waals surface area (Å²) in [4.78, 5) is 10.5. The fourth-order valence-electron chi connectivity index (χ4n) is 1.84. The van der Waals surface area contributed by atoms with Gasteiger partial charge in [0, 0.05) is 6.42 Å². The van der Waals surface area contributed by atoms with Crippen molar-refractivity contribution >= 4 is 5.97 Å². The third-order valence-electron chi connectivity index (χ3n) is 3.00. The third kappa shape index (κ3) is 13.4. The van der Waals surface area contributed by atoms with Gasteiger partial charge in [0.25, 0.3) is 0 Å². The topological polar surface area (TPSA) is 26.3 Å². The molecule has 2 heteroatoms. The highest BCUT2D eigenvalue weighted by atomic mass is 16.5. The maximum atomic E-state index is 10.5. The van der Waals surface area contributed by atoms with Crippen LogP contribution < -0.4 is 0 Å². The van der Waals surface area contributed by atoms with E-state index < -0.39 is 0 Å². The minimum absolute atomic E-state index is 0.0255. The lowest BCUT2D eigenvalue weighted by Gasteiger charge is -1.96. The molecule has 0 aromatic heterocycles. The summed E-state index contributed by atoms with van der Waals surface area (Å²) in [5, 5.41) is 0. The lowest BCUT2D eigenvalue weighted by atomic mass is 10.1. The first-order valence-electron chi connectivity index (χ1n) is 7.46. The highest BCUT2D eigenvalue weighted by Gasteiger charge is 2.05. The molecule has 0 bridgehead atoms. The molecule has 102 valence electrons. The number of carbonyl (C=O) groups is 1. The van der Waals surface area contributed by atoms with Crippen LogP contribution in [0.4, 0.5) is 0 Å². The van der Waals surface area contributed by atoms with E-state index in [2.05, 4.69) is 13.8 Å². The van der Waals surface area contributed by atoms with E-state index in [4.69, 9.17) is 4.74 Å². The van der Waals surface area contributed by atoms with Crippen LogP contribution in [0.3, 0.4) is 0 Å². The van der Waals surface area contributed by atoms with Crippen molar-refractivity contribution in [2.75, 3.05) is 6.61 Å². The second-order valence-corrected chi connectivity index (χ2v) is 4.80. The van der Waals surface area contributed by atoms with Crippen molar-refractivity contribution in [3.63, 3.8) is 0 Å². The Bertz CT molecular complexity index is 150. The Labute approximate surface area is 107 Å². The molecule has 0 atom stereocenters. The molecule has 0 spiro atoms. The van der Waals surface area contributed by atoms with Gasteiger partial charge in [-0.25, -0.2) is 0 Å². The zero-order valence-electron chi connectivity index (χ0n) is 11.8. The zero-order chi connectivity index (χ0) is 12.8. The second kappa shape index (κ2) is 13.5. The Morgan fingerprint density at radius 2 is 1.47 bits per heavy atom. The first-order chi connectivity index (χ1) is 8.31. The van der Waals surface area contributed by atoms with E-state index in [1.807, 2.05) is 0 Å². The molecule has 0 unspecified atom stereocenters. The number of esters is 1. The van der Waals surface area contributed by atoms with Gasteiger partial charge in [-0.1, -0.05) is 58.8 Å². The highest BCUT2D eigenvalue weighted by molar-refractivity contribution is 5.69. The Morgan fingerprint density at radius 1 is 0.882 bits per heavy atom. The van der Waals surface area contributed by atoms with Gasteiger partial charge in [-0.15, -0.1) is 0 Å². The molecule has 1 fully saturated rings. The van der Waals surface area contributed by atoms with Crippen LogP contribution in [-0.2, 0) is 9.53 Å². The molecule has 0 aromatic rings. The van der Waals surface area contributed by atoms with Crippen LogP contribution in [0.2, 0.25) is 0 Å². The third-order valence-corrected chi connectivity index (χ3v) is 3.00. The summed E-state index contributed by atoms with van der Waals surface area (Å²) < 4.78 is 4.76. The van der Waals surface area contributed by atoms with Crippen molar-refractivity contribution < 1.29 is 9.53 Å². The van der Waals surface area contributed by atoms with Crippen LogP contribution >= 0.6 is 0 Å². The lowest BCUT2D eigenvalue weighted by molar-refractivity contribution is -0.142. The van der Waals surface area contributed by atoms with Crippen molar-refractivity contribution in [2.45, 2.75) is 84.5 Å². The summed E-state index contributed by atoms with van der Waals surface area (Å²) in [5.74, 6) is -0.0255. The molecule has 2 nitrogen and oxygen atoms in total. The summed E-state index contributed by atoms with van der Waals surface area (Å²) in [6.07, 6.45) is 13.8. The van der Waals surface area contributed by atoms with Gasteiger partial charge in [-0.3, -0.25) is 4.79 Å². The SMILES string of the molecule is CCCCCCCCC.O=C1CCCCCO1. The molecule has 17 heavy (non-hydrogen) atoms. The Balaban J connectivity index is 0.000000302. The number of cyclic esters (lactones) is 1. The van der Waals surface area contributed by atoms with Gasteiger partial charge in [-0.05, 0) is 19.3 Å². The standard InChI is InChI=1S/C9H20.C6H10O2/c1-3-5-7-9-8-6-4-2;7-6-4-2-1-3-5-8-6/h3-9H2,1-2H3;1-5H2. The number of unbranched alkanes of at least 4 members (excludes halogenated alkanes) is 6. The molecule has 0 aromatic carbocycles. The average Bonchev–Trinajstić information content (AvgIpc) is 2.58. The van der Waals surface area contributed by atoms with Gasteiger partial charge >= 0.3 is 5.97 Å². The molecule has 0 N–H and O–H groups in total. The predicted molar refractivity (Wildman–Crippen MR) is 73.1 cm³/mol. The average molecular weight is 242 g/mol. The number of rotatable bonds is 6. The second-order valence-electron chi connectivity index (χ2n) is 4.80. The van der Waals surface area contributed by atoms with Gasteiger partial charge in [0.2, 0.25) is 0 Å². The van der Waals surface area contributed by atoms with E-state index in [1.165, 1.54) is 44.9 Å². The molecule has 0 amide bonds. The predicted octanol–water partition coefficient (Wildman–Crippen LogP) is 4.86. The van der Waals surface area contributed by atoms with E-state index in [9.17, 15) is 4.79 Å². The Hall–Kier alpha value is -0.530. The first kappa shape index (κ1) is 16.5. The summed E-state index contributed by atoms with van der Waals surface area (Å²) in [6.45, 7) is 5.17. The molecule has 0 radical (unpaired) electrons. The van der Waals surface area contributed by atoms with Gasteiger partial charge in [0.1, 0.15) is 0 Å². The maximum Gasteiger partial charge on any atom is 0.305 e. The van der Waals surface area contributed by atoms with E-state index >= 15 is 0 Å². The number of hydrogen-bond acceptors (Lipinski definition) is 2. The smallest absolute Gasteiger partial charge is 0.305 e. The maximum absolute atomic E-state index is 10.5. The summed E-state index contributed by atoms with van der Waals surface area (Å²) >= 11 is 0. The molecule has 1 rings (SSSR count). The van der Waals surface area contributed by atoms with Crippen LogP contribution in [0, 0.1) is 0 Å². The zero-order valence-corrected chi connectivity index (χ0v) is 11.8. The number of carbonyl (C=O) groups excluding carboxylic acids is 1. The number of ether oxygens (including phenoxy) is 1. The molecule has 0 aliphatic carbocycles. The molecular weight excluding hydrogens is 212 g/mol. The van der Waals surface area contributed by atoms with E-state index in [0.29, 0.717) is 13.0 Å². The highest BCUT2D eigenvalue weighted by Crippen LogP contribution is 2.06. The van der Waals surface area contributed by atoms with Crippen LogP contribution in [0.5, 0.6) is 0 Å². The van der Waals surface area contributed by atoms with Gasteiger partial charge in [0.15, 0.2) is 0 Å². The Kier molecular flexibility index (Phi) is 13.1. The van der Waals surface area contributed by atoms with Crippen LogP contribution in [0.15, 0.2) is 0 Å². The van der Waals surface area contributed by atoms with E-state index in [-0.39, 0.29) is 5.97 Å². The van der Waals surface area contributed by atoms with Gasteiger partial charge < -0.3 is 4.74 Å². The normalized spacial score (nSPS) is 15.5. The quantitative estimate of drug-likeness (QED) is 0.491. The van der Waals surface area contributed by atoms with Gasteiger partial charge in [0.05, 0.1) is 6.61 Å². The summed E-state index contributed by atoms with van der Waals surface area (Å²) in [7, 11) is 0. The van der Waals surface area contributed by atoms with Crippen LogP contribution in [-0.4, -0.2) is 12.6 Å². The minimum atomic E-state index is -0.0255. The fraction of sp³-hybridized carbons (Fsp3) is 0.933. The first-order valence-corrected chi connectivity index (χ1v) is 7.46. The molecular formula is C15H30O2. The molecule has 0 saturated carbocycles. The van der Waals surface area contributed by atoms with Crippen molar-refractivity contribution in [1.82, 2.24) is 0 Å². The van der Waals surface area contributed by atoms with Crippen molar-refractivity contribution in [3.05, 3.63) is 0 Å². The minimum Gasteiger partial charge on any atom is -0.466 e. The largest absolute Gasteiger partial charge is 0.466 e. The number of hydrogen-bond donors (Lipinski definition) is 0. The van der Waals surface area contributed by atoms with Gasteiger partial charge in [-0.2, -0.15) is 0 Å². The molecule has 1 aliphatic heterocycles. The molecule has 1 aliphatic rings. The van der Waals surface area contributed by atoms with Crippen molar-refractivity contribution in [3.8, 4) is 0 Å². The molecule has 1 saturated heterocycles. The molecule has 1 heterocycles.